The monoisotopic (exact) mass is 876 g/mol. The molecular weight excluding hydrogens is 787 g/mol. The summed E-state index contributed by atoms with van der Waals surface area (Å²) >= 11 is 0. The maximum absolute atomic E-state index is 13.1. The van der Waals surface area contributed by atoms with E-state index in [2.05, 4.69) is 47.7 Å². The van der Waals surface area contributed by atoms with Crippen molar-refractivity contribution in [2.75, 3.05) is 13.2 Å². The van der Waals surface area contributed by atoms with Gasteiger partial charge in [-0.1, -0.05) is 186 Å². The molecule has 354 valence electrons. The number of nitrogens with one attached hydrogen (secondary N) is 1. The molecule has 12 nitrogen and oxygen atoms in total. The van der Waals surface area contributed by atoms with Gasteiger partial charge in [0, 0.05) is 6.42 Å². The molecule has 60 heavy (non-hydrogen) atoms. The SMILES string of the molecule is CCCCC/C=C\C/C=C\CCCCCCCCCC(=O)NC(COC1OC(CO)C(O)C(OS(=O)(=O)O)C1O)C(O)CCCCCCCCCCCCCCCCCC. The molecule has 1 saturated heterocycles. The first kappa shape index (κ1) is 56.6. The number of carbonyl (C=O) groups is 1. The van der Waals surface area contributed by atoms with Crippen LogP contribution in [0.25, 0.3) is 0 Å². The molecule has 0 aliphatic carbocycles. The molecule has 1 aliphatic heterocycles. The average molecular weight is 876 g/mol. The molecule has 13 heteroatoms. The summed E-state index contributed by atoms with van der Waals surface area (Å²) in [7, 11) is -5.08. The smallest absolute Gasteiger partial charge is 0.394 e. The number of aliphatic hydroxyl groups excluding tert-OH is 4. The Hall–Kier alpha value is -1.42. The lowest BCUT2D eigenvalue weighted by Crippen LogP contribution is -2.61. The number of allylic oxidation sites excluding steroid dienone is 4. The Morgan fingerprint density at radius 2 is 1.12 bits per heavy atom. The Morgan fingerprint density at radius 3 is 1.62 bits per heavy atom. The summed E-state index contributed by atoms with van der Waals surface area (Å²) < 4.78 is 47.7. The van der Waals surface area contributed by atoms with Gasteiger partial charge in [0.05, 0.1) is 25.4 Å². The fourth-order valence-electron chi connectivity index (χ4n) is 7.72. The molecule has 6 N–H and O–H groups in total. The molecule has 7 unspecified atom stereocenters. The van der Waals surface area contributed by atoms with Gasteiger partial charge in [0.25, 0.3) is 0 Å². The summed E-state index contributed by atoms with van der Waals surface area (Å²) in [6.45, 7) is 3.42. The van der Waals surface area contributed by atoms with Crippen LogP contribution in [0, 0.1) is 0 Å². The predicted molar refractivity (Wildman–Crippen MR) is 241 cm³/mol. The zero-order chi connectivity index (χ0) is 44.1. The highest BCUT2D eigenvalue weighted by atomic mass is 32.3. The highest BCUT2D eigenvalue weighted by Gasteiger charge is 2.48. The van der Waals surface area contributed by atoms with Gasteiger partial charge in [-0.25, -0.2) is 4.18 Å². The number of hydrogen-bond acceptors (Lipinski definition) is 10. The lowest BCUT2D eigenvalue weighted by molar-refractivity contribution is -0.298. The van der Waals surface area contributed by atoms with E-state index in [1.165, 1.54) is 122 Å². The largest absolute Gasteiger partial charge is 0.397 e. The van der Waals surface area contributed by atoms with Crippen molar-refractivity contribution in [3.63, 3.8) is 0 Å². The Bertz CT molecular complexity index is 1170. The first-order valence-corrected chi connectivity index (χ1v) is 25.6. The van der Waals surface area contributed by atoms with Crippen molar-refractivity contribution in [2.45, 2.75) is 256 Å². The van der Waals surface area contributed by atoms with Crippen LogP contribution in [0.1, 0.15) is 213 Å². The number of carbonyl (C=O) groups excluding carboxylic acids is 1. The maximum atomic E-state index is 13.1. The molecule has 1 aliphatic rings. The molecule has 1 amide bonds. The first-order valence-electron chi connectivity index (χ1n) is 24.2. The van der Waals surface area contributed by atoms with Crippen molar-refractivity contribution in [3.8, 4) is 0 Å². The molecule has 1 heterocycles. The molecule has 0 aromatic carbocycles. The van der Waals surface area contributed by atoms with Crippen LogP contribution < -0.4 is 5.32 Å². The quantitative estimate of drug-likeness (QED) is 0.0195. The molecular formula is C47H89NO11S. The van der Waals surface area contributed by atoms with Crippen molar-refractivity contribution < 1.29 is 51.8 Å². The summed E-state index contributed by atoms with van der Waals surface area (Å²) in [6.07, 6.45) is 34.5. The fraction of sp³-hybridized carbons (Fsp3) is 0.894. The molecule has 0 bridgehead atoms. The van der Waals surface area contributed by atoms with Gasteiger partial charge < -0.3 is 35.2 Å². The maximum Gasteiger partial charge on any atom is 0.397 e. The second kappa shape index (κ2) is 38.1. The van der Waals surface area contributed by atoms with Crippen LogP contribution in [-0.2, 0) is 28.9 Å². The van der Waals surface area contributed by atoms with E-state index in [9.17, 15) is 38.2 Å². The second-order valence-corrected chi connectivity index (χ2v) is 18.1. The molecule has 1 rings (SSSR count). The van der Waals surface area contributed by atoms with Crippen LogP contribution in [0.2, 0.25) is 0 Å². The van der Waals surface area contributed by atoms with Gasteiger partial charge >= 0.3 is 10.4 Å². The number of amides is 1. The normalized spacial score (nSPS) is 20.9. The Morgan fingerprint density at radius 1 is 0.667 bits per heavy atom. The van der Waals surface area contributed by atoms with Crippen LogP contribution in [-0.4, -0.2) is 95.4 Å². The highest BCUT2D eigenvalue weighted by molar-refractivity contribution is 7.80. The summed E-state index contributed by atoms with van der Waals surface area (Å²) in [5, 5.41) is 44.9. The summed E-state index contributed by atoms with van der Waals surface area (Å²) in [5.41, 5.74) is 0. The zero-order valence-corrected chi connectivity index (χ0v) is 38.6. The van der Waals surface area contributed by atoms with Gasteiger partial charge in [0.1, 0.15) is 24.4 Å². The van der Waals surface area contributed by atoms with Gasteiger partial charge in [-0.15, -0.1) is 0 Å². The van der Waals surface area contributed by atoms with Gasteiger partial charge in [-0.05, 0) is 44.9 Å². The molecule has 7 atom stereocenters. The zero-order valence-electron chi connectivity index (χ0n) is 37.8. The van der Waals surface area contributed by atoms with E-state index in [4.69, 9.17) is 9.47 Å². The van der Waals surface area contributed by atoms with Crippen LogP contribution >= 0.6 is 0 Å². The van der Waals surface area contributed by atoms with E-state index < -0.39 is 59.9 Å². The molecule has 0 saturated carbocycles. The molecule has 0 spiro atoms. The second-order valence-electron chi connectivity index (χ2n) is 17.0. The van der Waals surface area contributed by atoms with Crippen LogP contribution in [0.4, 0.5) is 0 Å². The number of rotatable bonds is 41. The number of aliphatic hydroxyl groups is 4. The minimum Gasteiger partial charge on any atom is -0.394 e. The Kier molecular flexibility index (Phi) is 35.9. The van der Waals surface area contributed by atoms with E-state index in [-0.39, 0.29) is 18.9 Å². The highest BCUT2D eigenvalue weighted by Crippen LogP contribution is 2.26. The van der Waals surface area contributed by atoms with Crippen LogP contribution in [0.15, 0.2) is 24.3 Å². The Balaban J connectivity index is 2.48. The predicted octanol–water partition coefficient (Wildman–Crippen LogP) is 9.72. The third kappa shape index (κ3) is 30.6. The van der Waals surface area contributed by atoms with E-state index in [1.54, 1.807) is 0 Å². The van der Waals surface area contributed by atoms with Crippen molar-refractivity contribution in [2.24, 2.45) is 0 Å². The van der Waals surface area contributed by atoms with Gasteiger partial charge in [-0.3, -0.25) is 9.35 Å². The number of ether oxygens (including phenoxy) is 2. The number of unbranched alkanes of at least 4 members (excludes halogenated alkanes) is 25. The average Bonchev–Trinajstić information content (AvgIpc) is 3.22. The third-order valence-electron chi connectivity index (χ3n) is 11.5. The summed E-state index contributed by atoms with van der Waals surface area (Å²) in [4.78, 5) is 13.1. The molecule has 0 aromatic rings. The van der Waals surface area contributed by atoms with Crippen molar-refractivity contribution >= 4 is 16.3 Å². The lowest BCUT2D eigenvalue weighted by atomic mass is 9.99. The standard InChI is InChI=1S/C47H89NO11S/c1-3-5-7-9-11-13-15-17-19-21-23-25-27-29-31-33-35-37-43(51)48-40(39-57-47-45(53)46(59-60(54,55)56)44(52)42(38-49)58-47)41(50)36-34-32-30-28-26-24-22-20-18-16-14-12-10-8-6-4-2/h11,13,17,19,40-42,44-47,49-50,52-53H,3-10,12,14-16,18,20-39H2,1-2H3,(H,48,51)(H,54,55,56)/b13-11-,19-17-. The van der Waals surface area contributed by atoms with E-state index in [0.717, 1.165) is 57.8 Å². The number of hydrogen-bond donors (Lipinski definition) is 6. The van der Waals surface area contributed by atoms with Gasteiger partial charge in [-0.2, -0.15) is 8.42 Å². The molecule has 1 fully saturated rings. The van der Waals surface area contributed by atoms with Crippen LogP contribution in [0.5, 0.6) is 0 Å². The fourth-order valence-corrected chi connectivity index (χ4v) is 8.23. The third-order valence-corrected chi connectivity index (χ3v) is 12.0. The topological polar surface area (TPSA) is 192 Å². The van der Waals surface area contributed by atoms with Gasteiger partial charge in [0.15, 0.2) is 6.29 Å². The van der Waals surface area contributed by atoms with Gasteiger partial charge in [0.2, 0.25) is 5.91 Å². The van der Waals surface area contributed by atoms with Crippen molar-refractivity contribution in [1.82, 2.24) is 5.32 Å². The molecule has 0 aromatic heterocycles. The first-order chi connectivity index (χ1) is 29.0. The minimum absolute atomic E-state index is 0.237. The van der Waals surface area contributed by atoms with Crippen molar-refractivity contribution in [1.29, 1.82) is 0 Å². The van der Waals surface area contributed by atoms with Crippen molar-refractivity contribution in [3.05, 3.63) is 24.3 Å². The lowest BCUT2D eigenvalue weighted by Gasteiger charge is -2.41. The van der Waals surface area contributed by atoms with E-state index >= 15 is 0 Å². The summed E-state index contributed by atoms with van der Waals surface area (Å²) in [5.74, 6) is -0.237. The van der Waals surface area contributed by atoms with Crippen LogP contribution in [0.3, 0.4) is 0 Å². The van der Waals surface area contributed by atoms with E-state index in [1.807, 2.05) is 0 Å². The van der Waals surface area contributed by atoms with E-state index in [0.29, 0.717) is 12.8 Å². The Labute approximate surface area is 365 Å². The minimum atomic E-state index is -5.08. The molecule has 0 radical (unpaired) electrons. The summed E-state index contributed by atoms with van der Waals surface area (Å²) in [6, 6.07) is -0.860.